The summed E-state index contributed by atoms with van der Waals surface area (Å²) >= 11 is 0. The predicted molar refractivity (Wildman–Crippen MR) is 107 cm³/mol. The number of hydrogen-bond acceptors (Lipinski definition) is 5. The number of benzene rings is 2. The molecule has 3 aromatic rings. The molecule has 0 N–H and O–H groups in total. The number of carbonyl (C=O) groups excluding carboxylic acids is 3. The van der Waals surface area contributed by atoms with E-state index in [2.05, 4.69) is 0 Å². The van der Waals surface area contributed by atoms with Crippen LogP contribution in [-0.2, 0) is 22.6 Å². The second-order valence-electron chi connectivity index (χ2n) is 6.88. The van der Waals surface area contributed by atoms with Crippen molar-refractivity contribution < 1.29 is 23.5 Å². The molecule has 152 valence electrons. The predicted octanol–water partition coefficient (Wildman–Crippen LogP) is 3.77. The fraction of sp³-hybridized carbons (Fsp3) is 0.174. The first-order chi connectivity index (χ1) is 14.6. The Balaban J connectivity index is 1.67. The van der Waals surface area contributed by atoms with Crippen LogP contribution >= 0.6 is 0 Å². The maximum absolute atomic E-state index is 13.3. The van der Waals surface area contributed by atoms with Crippen LogP contribution in [0.15, 0.2) is 77.4 Å². The minimum Gasteiger partial charge on any atom is -0.467 e. The van der Waals surface area contributed by atoms with Gasteiger partial charge >= 0.3 is 12.0 Å². The Morgan fingerprint density at radius 1 is 0.967 bits per heavy atom. The van der Waals surface area contributed by atoms with E-state index in [1.54, 1.807) is 0 Å². The third-order valence-corrected chi connectivity index (χ3v) is 5.05. The van der Waals surface area contributed by atoms with Gasteiger partial charge in [0.15, 0.2) is 0 Å². The Kier molecular flexibility index (Phi) is 5.34. The van der Waals surface area contributed by atoms with Crippen molar-refractivity contribution >= 4 is 17.9 Å². The SMILES string of the molecule is COC(=O)c1ccoc1CN1C(=O)C(c2ccccc2)N(Cc2ccccc2)C1=O. The maximum Gasteiger partial charge on any atom is 0.341 e. The van der Waals surface area contributed by atoms with Crippen LogP contribution in [0.4, 0.5) is 4.79 Å². The van der Waals surface area contributed by atoms with E-state index in [1.807, 2.05) is 60.7 Å². The molecule has 1 aromatic heterocycles. The first-order valence-corrected chi connectivity index (χ1v) is 9.45. The minimum atomic E-state index is -0.754. The molecule has 1 unspecified atom stereocenters. The lowest BCUT2D eigenvalue weighted by Crippen LogP contribution is -2.32. The largest absolute Gasteiger partial charge is 0.467 e. The van der Waals surface area contributed by atoms with Gasteiger partial charge in [0, 0.05) is 6.54 Å². The van der Waals surface area contributed by atoms with E-state index in [4.69, 9.17) is 9.15 Å². The number of carbonyl (C=O) groups is 3. The molecule has 0 bridgehead atoms. The van der Waals surface area contributed by atoms with Crippen molar-refractivity contribution in [3.63, 3.8) is 0 Å². The Morgan fingerprint density at radius 2 is 1.63 bits per heavy atom. The van der Waals surface area contributed by atoms with E-state index in [9.17, 15) is 14.4 Å². The number of rotatable bonds is 6. The van der Waals surface area contributed by atoms with Gasteiger partial charge in [0.1, 0.15) is 17.4 Å². The molecule has 2 aromatic carbocycles. The zero-order valence-corrected chi connectivity index (χ0v) is 16.4. The molecular formula is C23H20N2O5. The number of esters is 1. The molecule has 30 heavy (non-hydrogen) atoms. The molecule has 1 aliphatic rings. The smallest absolute Gasteiger partial charge is 0.341 e. The first kappa shape index (κ1) is 19.4. The monoisotopic (exact) mass is 404 g/mol. The molecule has 0 saturated carbocycles. The lowest BCUT2D eigenvalue weighted by atomic mass is 10.1. The third kappa shape index (κ3) is 3.57. The summed E-state index contributed by atoms with van der Waals surface area (Å²) < 4.78 is 10.1. The van der Waals surface area contributed by atoms with E-state index < -0.39 is 18.0 Å². The van der Waals surface area contributed by atoms with Gasteiger partial charge in [-0.25, -0.2) is 9.59 Å². The standard InChI is InChI=1S/C23H20N2O5/c1-29-22(27)18-12-13-30-19(18)15-25-21(26)20(17-10-6-3-7-11-17)24(23(25)28)14-16-8-4-2-5-9-16/h2-13,20H,14-15H2,1H3. The molecule has 0 spiro atoms. The van der Waals surface area contributed by atoms with Crippen molar-refractivity contribution in [3.8, 4) is 0 Å². The molecular weight excluding hydrogens is 384 g/mol. The molecule has 0 radical (unpaired) electrons. The summed E-state index contributed by atoms with van der Waals surface area (Å²) in [6.45, 7) is 0.132. The fourth-order valence-corrected chi connectivity index (χ4v) is 3.58. The quantitative estimate of drug-likeness (QED) is 0.462. The van der Waals surface area contributed by atoms with E-state index in [-0.39, 0.29) is 30.3 Å². The number of furan rings is 1. The Labute approximate surface area is 173 Å². The fourth-order valence-electron chi connectivity index (χ4n) is 3.58. The van der Waals surface area contributed by atoms with E-state index in [1.165, 1.54) is 24.3 Å². The van der Waals surface area contributed by atoms with Crippen LogP contribution in [0.2, 0.25) is 0 Å². The van der Waals surface area contributed by atoms with Crippen molar-refractivity contribution in [1.82, 2.24) is 9.80 Å². The van der Waals surface area contributed by atoms with Crippen LogP contribution in [0.5, 0.6) is 0 Å². The Hall–Kier alpha value is -3.87. The number of amides is 3. The van der Waals surface area contributed by atoms with Crippen molar-refractivity contribution in [2.45, 2.75) is 19.1 Å². The third-order valence-electron chi connectivity index (χ3n) is 5.05. The van der Waals surface area contributed by atoms with Gasteiger partial charge in [0.25, 0.3) is 5.91 Å². The molecule has 7 nitrogen and oxygen atoms in total. The maximum atomic E-state index is 13.3. The lowest BCUT2D eigenvalue weighted by Gasteiger charge is -2.22. The van der Waals surface area contributed by atoms with Gasteiger partial charge in [-0.05, 0) is 17.2 Å². The molecule has 1 atom stereocenters. The van der Waals surface area contributed by atoms with Gasteiger partial charge in [-0.3, -0.25) is 9.69 Å². The minimum absolute atomic E-state index is 0.149. The van der Waals surface area contributed by atoms with Crippen LogP contribution in [0.3, 0.4) is 0 Å². The Bertz CT molecular complexity index is 1060. The molecule has 7 heteroatoms. The number of urea groups is 1. The van der Waals surface area contributed by atoms with Crippen LogP contribution in [0, 0.1) is 0 Å². The number of hydrogen-bond donors (Lipinski definition) is 0. The second-order valence-corrected chi connectivity index (χ2v) is 6.88. The van der Waals surface area contributed by atoms with Crippen LogP contribution in [0.1, 0.15) is 33.3 Å². The molecule has 2 heterocycles. The highest BCUT2D eigenvalue weighted by Gasteiger charge is 2.46. The molecule has 1 saturated heterocycles. The van der Waals surface area contributed by atoms with Crippen molar-refractivity contribution in [3.05, 3.63) is 95.4 Å². The van der Waals surface area contributed by atoms with Crippen LogP contribution in [-0.4, -0.2) is 34.8 Å². The van der Waals surface area contributed by atoms with Crippen molar-refractivity contribution in [1.29, 1.82) is 0 Å². The summed E-state index contributed by atoms with van der Waals surface area (Å²) in [6, 6.07) is 18.9. The molecule has 3 amide bonds. The van der Waals surface area contributed by atoms with E-state index in [0.29, 0.717) is 0 Å². The summed E-state index contributed by atoms with van der Waals surface area (Å²) in [5.41, 5.74) is 1.83. The number of imide groups is 1. The van der Waals surface area contributed by atoms with Gasteiger partial charge in [-0.2, -0.15) is 0 Å². The Morgan fingerprint density at radius 3 is 2.30 bits per heavy atom. The zero-order chi connectivity index (χ0) is 21.1. The molecule has 1 fully saturated rings. The average molecular weight is 404 g/mol. The highest BCUT2D eigenvalue weighted by Crippen LogP contribution is 2.34. The summed E-state index contributed by atoms with van der Waals surface area (Å²) in [5, 5.41) is 0. The van der Waals surface area contributed by atoms with Gasteiger partial charge in [-0.1, -0.05) is 60.7 Å². The number of nitrogens with zero attached hydrogens (tertiary/aromatic N) is 2. The lowest BCUT2D eigenvalue weighted by molar-refractivity contribution is -0.129. The first-order valence-electron chi connectivity index (χ1n) is 9.45. The normalized spacial score (nSPS) is 16.2. The molecule has 4 rings (SSSR count). The van der Waals surface area contributed by atoms with Crippen molar-refractivity contribution in [2.24, 2.45) is 0 Å². The number of methoxy groups -OCH3 is 1. The molecule has 1 aliphatic heterocycles. The van der Waals surface area contributed by atoms with Crippen LogP contribution in [0.25, 0.3) is 0 Å². The summed E-state index contributed by atoms with van der Waals surface area (Å²) in [6.07, 6.45) is 1.34. The average Bonchev–Trinajstić information content (AvgIpc) is 3.33. The second kappa shape index (κ2) is 8.24. The topological polar surface area (TPSA) is 80.1 Å². The summed E-state index contributed by atoms with van der Waals surface area (Å²) in [4.78, 5) is 41.1. The van der Waals surface area contributed by atoms with Gasteiger partial charge in [-0.15, -0.1) is 0 Å². The summed E-state index contributed by atoms with van der Waals surface area (Å²) in [5.74, 6) is -0.745. The number of ether oxygens (including phenoxy) is 1. The summed E-state index contributed by atoms with van der Waals surface area (Å²) in [7, 11) is 1.26. The van der Waals surface area contributed by atoms with Crippen LogP contribution < -0.4 is 0 Å². The van der Waals surface area contributed by atoms with Crippen molar-refractivity contribution in [2.75, 3.05) is 7.11 Å². The highest BCUT2D eigenvalue weighted by atomic mass is 16.5. The molecule has 0 aliphatic carbocycles. The van der Waals surface area contributed by atoms with E-state index >= 15 is 0 Å². The zero-order valence-electron chi connectivity index (χ0n) is 16.4. The van der Waals surface area contributed by atoms with Gasteiger partial charge in [0.2, 0.25) is 0 Å². The van der Waals surface area contributed by atoms with Gasteiger partial charge in [0.05, 0.1) is 19.9 Å². The highest BCUT2D eigenvalue weighted by molar-refractivity contribution is 6.04. The van der Waals surface area contributed by atoms with E-state index in [0.717, 1.165) is 16.0 Å². The van der Waals surface area contributed by atoms with Gasteiger partial charge < -0.3 is 14.1 Å².